The molecule has 0 fully saturated rings. The minimum atomic E-state index is -0.381. The van der Waals surface area contributed by atoms with Crippen LogP contribution < -0.4 is 5.56 Å². The van der Waals surface area contributed by atoms with Gasteiger partial charge in [-0.1, -0.05) is 11.8 Å². The van der Waals surface area contributed by atoms with Gasteiger partial charge < -0.3 is 4.90 Å². The lowest BCUT2D eigenvalue weighted by atomic mass is 10.2. The summed E-state index contributed by atoms with van der Waals surface area (Å²) in [4.78, 5) is 33.3. The van der Waals surface area contributed by atoms with Crippen molar-refractivity contribution in [2.24, 2.45) is 0 Å². The average molecular weight is 379 g/mol. The molecule has 0 unspecified atom stereocenters. The van der Waals surface area contributed by atoms with Gasteiger partial charge in [0.25, 0.3) is 5.56 Å². The Balaban J connectivity index is 2.36. The van der Waals surface area contributed by atoms with Crippen LogP contribution in [-0.2, 0) is 11.3 Å². The van der Waals surface area contributed by atoms with Gasteiger partial charge in [-0.2, -0.15) is 5.26 Å². The summed E-state index contributed by atoms with van der Waals surface area (Å²) in [6.07, 6.45) is 0.303. The fraction of sp³-hybridized carbons (Fsp3) is 0.529. The molecule has 2 rings (SSSR count). The van der Waals surface area contributed by atoms with E-state index in [0.717, 1.165) is 15.3 Å². The summed E-state index contributed by atoms with van der Waals surface area (Å²) in [5.41, 5.74) is 0.936. The highest BCUT2D eigenvalue weighted by Gasteiger charge is 2.22. The Kier molecular flexibility index (Phi) is 6.25. The third kappa shape index (κ3) is 3.88. The Hall–Kier alpha value is -1.85. The molecule has 0 bridgehead atoms. The van der Waals surface area contributed by atoms with Crippen molar-refractivity contribution in [2.45, 2.75) is 51.1 Å². The number of amides is 1. The van der Waals surface area contributed by atoms with Crippen LogP contribution in [-0.4, -0.2) is 39.2 Å². The highest BCUT2D eigenvalue weighted by molar-refractivity contribution is 8.00. The number of fused-ring (bicyclic) bond motifs is 1. The van der Waals surface area contributed by atoms with Gasteiger partial charge >= 0.3 is 0 Å². The minimum absolute atomic E-state index is 0.0469. The molecule has 0 aliphatic carbocycles. The zero-order valence-electron chi connectivity index (χ0n) is 15.1. The van der Waals surface area contributed by atoms with Crippen molar-refractivity contribution in [2.75, 3.05) is 13.6 Å². The number of thiophene rings is 1. The maximum Gasteiger partial charge on any atom is 0.263 e. The quantitative estimate of drug-likeness (QED) is 0.570. The summed E-state index contributed by atoms with van der Waals surface area (Å²) in [6.45, 7) is 8.54. The number of aryl methyl sites for hydroxylation is 2. The van der Waals surface area contributed by atoms with E-state index < -0.39 is 0 Å². The number of nitrogens with zero attached hydrogens (tertiary/aromatic N) is 4. The SMILES string of the molecule is CCn1c(S[C@@H](C)C(=O)N(C)CCC#N)nc2sc(C)c(C)c2c1=O. The second-order valence-corrected chi connectivity index (χ2v) is 8.35. The van der Waals surface area contributed by atoms with Gasteiger partial charge in [-0.15, -0.1) is 11.3 Å². The van der Waals surface area contributed by atoms with Crippen LogP contribution in [0.1, 0.15) is 30.7 Å². The van der Waals surface area contributed by atoms with E-state index in [9.17, 15) is 9.59 Å². The first-order valence-corrected chi connectivity index (χ1v) is 9.80. The number of hydrogen-bond acceptors (Lipinski definition) is 6. The summed E-state index contributed by atoms with van der Waals surface area (Å²) >= 11 is 2.80. The monoisotopic (exact) mass is 378 g/mol. The smallest absolute Gasteiger partial charge is 0.263 e. The van der Waals surface area contributed by atoms with E-state index in [1.165, 1.54) is 23.1 Å². The zero-order chi connectivity index (χ0) is 18.7. The van der Waals surface area contributed by atoms with Gasteiger partial charge in [0.1, 0.15) is 4.83 Å². The third-order valence-electron chi connectivity index (χ3n) is 4.14. The first kappa shape index (κ1) is 19.5. The lowest BCUT2D eigenvalue weighted by Crippen LogP contribution is -2.34. The second kappa shape index (κ2) is 8.02. The Morgan fingerprint density at radius 2 is 2.16 bits per heavy atom. The number of thioether (sulfide) groups is 1. The van der Waals surface area contributed by atoms with E-state index in [4.69, 9.17) is 5.26 Å². The van der Waals surface area contributed by atoms with Gasteiger partial charge in [0, 0.05) is 25.0 Å². The molecule has 0 radical (unpaired) electrons. The number of carbonyl (C=O) groups is 1. The van der Waals surface area contributed by atoms with E-state index in [1.54, 1.807) is 23.4 Å². The van der Waals surface area contributed by atoms with Crippen molar-refractivity contribution in [3.8, 4) is 6.07 Å². The van der Waals surface area contributed by atoms with Crippen LogP contribution in [0.15, 0.2) is 9.95 Å². The van der Waals surface area contributed by atoms with Gasteiger partial charge in [-0.05, 0) is 33.3 Å². The Bertz CT molecular complexity index is 895. The standard InChI is InChI=1S/C17H22N4O2S2/c1-6-21-16(23)13-10(2)11(3)24-14(13)19-17(21)25-12(4)15(22)20(5)9-7-8-18/h12H,6-7,9H2,1-5H3/t12-/m0/s1. The molecule has 0 saturated heterocycles. The van der Waals surface area contributed by atoms with Crippen molar-refractivity contribution in [3.05, 3.63) is 20.8 Å². The molecule has 2 aromatic rings. The average Bonchev–Trinajstić information content (AvgIpc) is 2.86. The van der Waals surface area contributed by atoms with E-state index in [-0.39, 0.29) is 16.7 Å². The first-order valence-electron chi connectivity index (χ1n) is 8.10. The lowest BCUT2D eigenvalue weighted by Gasteiger charge is -2.20. The van der Waals surface area contributed by atoms with Crippen molar-refractivity contribution < 1.29 is 4.79 Å². The molecule has 0 aliphatic heterocycles. The molecular formula is C17H22N4O2S2. The van der Waals surface area contributed by atoms with E-state index in [2.05, 4.69) is 4.98 Å². The molecule has 8 heteroatoms. The molecule has 0 spiro atoms. The molecule has 2 aromatic heterocycles. The Morgan fingerprint density at radius 1 is 1.48 bits per heavy atom. The minimum Gasteiger partial charge on any atom is -0.344 e. The molecule has 1 amide bonds. The topological polar surface area (TPSA) is 79.0 Å². The highest BCUT2D eigenvalue weighted by Crippen LogP contribution is 2.29. The summed E-state index contributed by atoms with van der Waals surface area (Å²) in [6, 6.07) is 2.04. The van der Waals surface area contributed by atoms with Crippen LogP contribution in [0, 0.1) is 25.2 Å². The van der Waals surface area contributed by atoms with Crippen molar-refractivity contribution >= 4 is 39.2 Å². The molecule has 6 nitrogen and oxygen atoms in total. The predicted octanol–water partition coefficient (Wildman–Crippen LogP) is 2.95. The van der Waals surface area contributed by atoms with E-state index >= 15 is 0 Å². The molecule has 0 aromatic carbocycles. The summed E-state index contributed by atoms with van der Waals surface area (Å²) in [7, 11) is 1.69. The van der Waals surface area contributed by atoms with Crippen LogP contribution in [0.5, 0.6) is 0 Å². The maximum atomic E-state index is 12.8. The van der Waals surface area contributed by atoms with Gasteiger partial charge in [0.05, 0.1) is 23.1 Å². The normalized spacial score (nSPS) is 12.2. The summed E-state index contributed by atoms with van der Waals surface area (Å²) in [5.74, 6) is -0.0733. The van der Waals surface area contributed by atoms with E-state index in [1.807, 2.05) is 26.8 Å². The zero-order valence-corrected chi connectivity index (χ0v) is 16.8. The number of rotatable bonds is 6. The fourth-order valence-electron chi connectivity index (χ4n) is 2.52. The number of nitriles is 1. The Morgan fingerprint density at radius 3 is 2.76 bits per heavy atom. The molecule has 0 N–H and O–H groups in total. The van der Waals surface area contributed by atoms with Crippen LogP contribution in [0.2, 0.25) is 0 Å². The van der Waals surface area contributed by atoms with Gasteiger partial charge in [-0.3, -0.25) is 14.2 Å². The molecule has 0 saturated carbocycles. The molecule has 1 atom stereocenters. The van der Waals surface area contributed by atoms with E-state index in [0.29, 0.717) is 30.1 Å². The van der Waals surface area contributed by atoms with Gasteiger partial charge in [-0.25, -0.2) is 4.98 Å². The summed E-state index contributed by atoms with van der Waals surface area (Å²) in [5, 5.41) is 9.52. The van der Waals surface area contributed by atoms with Crippen LogP contribution in [0.4, 0.5) is 0 Å². The number of hydrogen-bond donors (Lipinski definition) is 0. The molecule has 0 aliphatic rings. The van der Waals surface area contributed by atoms with Crippen molar-refractivity contribution in [1.82, 2.24) is 14.5 Å². The van der Waals surface area contributed by atoms with Crippen LogP contribution >= 0.6 is 23.1 Å². The first-order chi connectivity index (χ1) is 11.8. The molecule has 134 valence electrons. The molecule has 2 heterocycles. The maximum absolute atomic E-state index is 12.8. The molecular weight excluding hydrogens is 356 g/mol. The van der Waals surface area contributed by atoms with Crippen LogP contribution in [0.25, 0.3) is 10.2 Å². The lowest BCUT2D eigenvalue weighted by molar-refractivity contribution is -0.128. The third-order valence-corrected chi connectivity index (χ3v) is 6.31. The van der Waals surface area contributed by atoms with Crippen molar-refractivity contribution in [1.29, 1.82) is 5.26 Å². The van der Waals surface area contributed by atoms with Crippen molar-refractivity contribution in [3.63, 3.8) is 0 Å². The van der Waals surface area contributed by atoms with Gasteiger partial charge in [0.15, 0.2) is 5.16 Å². The number of aromatic nitrogens is 2. The Labute approximate surface area is 155 Å². The van der Waals surface area contributed by atoms with Gasteiger partial charge in [0.2, 0.25) is 5.91 Å². The predicted molar refractivity (Wildman–Crippen MR) is 102 cm³/mol. The summed E-state index contributed by atoms with van der Waals surface area (Å²) < 4.78 is 1.63. The largest absolute Gasteiger partial charge is 0.344 e. The second-order valence-electron chi connectivity index (χ2n) is 5.84. The molecule has 25 heavy (non-hydrogen) atoms. The number of carbonyl (C=O) groups excluding carboxylic acids is 1. The van der Waals surface area contributed by atoms with Crippen LogP contribution in [0.3, 0.4) is 0 Å². The highest BCUT2D eigenvalue weighted by atomic mass is 32.2. The fourth-order valence-corrected chi connectivity index (χ4v) is 4.68.